The zero-order chi connectivity index (χ0) is 23.9. The van der Waals surface area contributed by atoms with Crippen molar-refractivity contribution in [2.24, 2.45) is 0 Å². The van der Waals surface area contributed by atoms with Crippen molar-refractivity contribution in [1.82, 2.24) is 0 Å². The topological polar surface area (TPSA) is 3.24 Å². The van der Waals surface area contributed by atoms with Crippen LogP contribution in [0.1, 0.15) is 0 Å². The molecular weight excluding hydrogens is 501 g/mol. The minimum atomic E-state index is 0.318. The summed E-state index contributed by atoms with van der Waals surface area (Å²) in [6.45, 7) is 0. The van der Waals surface area contributed by atoms with Crippen molar-refractivity contribution in [2.45, 2.75) is 0 Å². The summed E-state index contributed by atoms with van der Waals surface area (Å²) in [6.07, 6.45) is 0. The number of hydrogen-bond acceptors (Lipinski definition) is 1. The third-order valence-corrected chi connectivity index (χ3v) is 9.37. The Labute approximate surface area is 216 Å². The summed E-state index contributed by atoms with van der Waals surface area (Å²) in [4.78, 5) is 2.30. The summed E-state index contributed by atoms with van der Waals surface area (Å²) in [5.74, 6) is 0. The zero-order valence-electron chi connectivity index (χ0n) is 19.6. The number of para-hydroxylation sites is 2. The molecule has 1 aromatic heterocycles. The Kier molecular flexibility index (Phi) is 5.21. The molecule has 0 N–H and O–H groups in total. The molecule has 2 heteroatoms. The van der Waals surface area contributed by atoms with Crippen molar-refractivity contribution in [3.05, 3.63) is 140 Å². The summed E-state index contributed by atoms with van der Waals surface area (Å²) in [6, 6.07) is 50.4. The Hall–Kier alpha value is -4.10. The third-order valence-electron chi connectivity index (χ3n) is 6.85. The van der Waals surface area contributed by atoms with Gasteiger partial charge in [0, 0.05) is 0 Å². The second-order valence-electron chi connectivity index (χ2n) is 9.03. The molecule has 0 aliphatic carbocycles. The van der Waals surface area contributed by atoms with Crippen molar-refractivity contribution < 1.29 is 0 Å². The van der Waals surface area contributed by atoms with Gasteiger partial charge in [-0.05, 0) is 0 Å². The van der Waals surface area contributed by atoms with Crippen molar-refractivity contribution in [3.8, 4) is 11.1 Å². The second kappa shape index (κ2) is 8.84. The van der Waals surface area contributed by atoms with Crippen LogP contribution in [0.15, 0.2) is 140 Å². The molecule has 170 valence electrons. The van der Waals surface area contributed by atoms with Gasteiger partial charge in [-0.15, -0.1) is 0 Å². The molecular formula is C34H23NSe. The standard InChI is InChI=1S/C34H23NSe/c1-3-10-27(11-4-1)35(28-12-5-2-6-13-28)29-19-15-24(16-20-29)26-18-21-31-32-22-17-25-9-7-8-14-30(25)34(32)36-33(31)23-26/h1-23H. The van der Waals surface area contributed by atoms with Gasteiger partial charge >= 0.3 is 217 Å². The van der Waals surface area contributed by atoms with Gasteiger partial charge in [-0.2, -0.15) is 0 Å². The summed E-state index contributed by atoms with van der Waals surface area (Å²) in [5.41, 5.74) is 5.99. The Morgan fingerprint density at radius 3 is 1.72 bits per heavy atom. The molecule has 36 heavy (non-hydrogen) atoms. The van der Waals surface area contributed by atoms with Gasteiger partial charge in [0.05, 0.1) is 0 Å². The number of rotatable bonds is 4. The van der Waals surface area contributed by atoms with Gasteiger partial charge in [-0.1, -0.05) is 0 Å². The van der Waals surface area contributed by atoms with Crippen LogP contribution < -0.4 is 4.90 Å². The first-order valence-corrected chi connectivity index (χ1v) is 13.9. The first-order chi connectivity index (χ1) is 17.8. The number of fused-ring (bicyclic) bond motifs is 5. The first-order valence-electron chi connectivity index (χ1n) is 12.2. The summed E-state index contributed by atoms with van der Waals surface area (Å²) in [5, 5.41) is 5.55. The fourth-order valence-electron chi connectivity index (χ4n) is 5.09. The number of hydrogen-bond donors (Lipinski definition) is 0. The van der Waals surface area contributed by atoms with Gasteiger partial charge < -0.3 is 0 Å². The molecule has 0 unspecified atom stereocenters. The number of nitrogens with zero attached hydrogens (tertiary/aromatic N) is 1. The number of benzene rings is 6. The van der Waals surface area contributed by atoms with E-state index in [9.17, 15) is 0 Å². The van der Waals surface area contributed by atoms with Crippen molar-refractivity contribution in [3.63, 3.8) is 0 Å². The van der Waals surface area contributed by atoms with Crippen LogP contribution in [0.2, 0.25) is 0 Å². The average Bonchev–Trinajstić information content (AvgIpc) is 3.33. The van der Waals surface area contributed by atoms with Crippen LogP contribution in [0.3, 0.4) is 0 Å². The van der Waals surface area contributed by atoms with E-state index >= 15 is 0 Å². The van der Waals surface area contributed by atoms with E-state index in [1.54, 1.807) is 0 Å². The molecule has 0 aliphatic rings. The molecule has 0 aliphatic heterocycles. The predicted octanol–water partition coefficient (Wildman–Crippen LogP) is 9.34. The van der Waals surface area contributed by atoms with Gasteiger partial charge in [0.15, 0.2) is 0 Å². The van der Waals surface area contributed by atoms with Gasteiger partial charge in [0.25, 0.3) is 0 Å². The van der Waals surface area contributed by atoms with Gasteiger partial charge in [0.1, 0.15) is 0 Å². The molecule has 0 fully saturated rings. The zero-order valence-corrected chi connectivity index (χ0v) is 21.3. The summed E-state index contributed by atoms with van der Waals surface area (Å²) in [7, 11) is 0. The molecule has 0 saturated carbocycles. The summed E-state index contributed by atoms with van der Waals surface area (Å²) >= 11 is 0.318. The predicted molar refractivity (Wildman–Crippen MR) is 156 cm³/mol. The SMILES string of the molecule is c1ccc(N(c2ccccc2)c2ccc(-c3ccc4c(c3)[se]c3c5ccccc5ccc43)cc2)cc1. The Morgan fingerprint density at radius 2 is 1.00 bits per heavy atom. The van der Waals surface area contributed by atoms with Crippen molar-refractivity contribution in [2.75, 3.05) is 4.90 Å². The Balaban J connectivity index is 1.30. The maximum absolute atomic E-state index is 2.41. The van der Waals surface area contributed by atoms with Crippen molar-refractivity contribution in [1.29, 1.82) is 0 Å². The van der Waals surface area contributed by atoms with Crippen LogP contribution in [0, 0.1) is 0 Å². The van der Waals surface area contributed by atoms with Gasteiger partial charge in [-0.25, -0.2) is 0 Å². The maximum atomic E-state index is 2.41. The van der Waals surface area contributed by atoms with E-state index in [0.29, 0.717) is 14.5 Å². The van der Waals surface area contributed by atoms with Crippen LogP contribution in [0.25, 0.3) is 41.2 Å². The third kappa shape index (κ3) is 3.63. The molecule has 7 rings (SSSR count). The van der Waals surface area contributed by atoms with Crippen LogP contribution >= 0.6 is 0 Å². The Bertz CT molecular complexity index is 1780. The molecule has 0 saturated heterocycles. The van der Waals surface area contributed by atoms with E-state index in [1.807, 2.05) is 0 Å². The molecule has 0 amide bonds. The molecule has 1 nitrogen and oxygen atoms in total. The number of anilines is 3. The monoisotopic (exact) mass is 525 g/mol. The molecule has 7 aromatic rings. The first kappa shape index (κ1) is 21.2. The van der Waals surface area contributed by atoms with Crippen LogP contribution in [-0.4, -0.2) is 14.5 Å². The van der Waals surface area contributed by atoms with Crippen LogP contribution in [0.4, 0.5) is 17.1 Å². The van der Waals surface area contributed by atoms with E-state index in [0.717, 1.165) is 17.1 Å². The fourth-order valence-corrected chi connectivity index (χ4v) is 7.77. The molecule has 0 atom stereocenters. The Morgan fingerprint density at radius 1 is 0.417 bits per heavy atom. The van der Waals surface area contributed by atoms with E-state index in [-0.39, 0.29) is 0 Å². The molecule has 0 bridgehead atoms. The van der Waals surface area contributed by atoms with E-state index in [4.69, 9.17) is 0 Å². The minimum absolute atomic E-state index is 0.318. The van der Waals surface area contributed by atoms with E-state index < -0.39 is 0 Å². The van der Waals surface area contributed by atoms with E-state index in [1.165, 1.54) is 41.2 Å². The fraction of sp³-hybridized carbons (Fsp3) is 0. The van der Waals surface area contributed by atoms with Crippen LogP contribution in [0.5, 0.6) is 0 Å². The molecule has 1 heterocycles. The molecule has 0 radical (unpaired) electrons. The molecule has 6 aromatic carbocycles. The second-order valence-corrected chi connectivity index (χ2v) is 11.2. The van der Waals surface area contributed by atoms with Crippen LogP contribution in [-0.2, 0) is 0 Å². The quantitative estimate of drug-likeness (QED) is 0.207. The normalized spacial score (nSPS) is 11.3. The average molecular weight is 525 g/mol. The van der Waals surface area contributed by atoms with Crippen molar-refractivity contribution >= 4 is 61.6 Å². The van der Waals surface area contributed by atoms with E-state index in [2.05, 4.69) is 144 Å². The summed E-state index contributed by atoms with van der Waals surface area (Å²) < 4.78 is 3.00. The molecule has 0 spiro atoms. The van der Waals surface area contributed by atoms with Gasteiger partial charge in [-0.3, -0.25) is 0 Å². The van der Waals surface area contributed by atoms with Gasteiger partial charge in [0.2, 0.25) is 0 Å².